The van der Waals surface area contributed by atoms with E-state index in [-0.39, 0.29) is 0 Å². The molecule has 1 fully saturated rings. The molecule has 0 aromatic carbocycles. The van der Waals surface area contributed by atoms with Crippen molar-refractivity contribution < 1.29 is 0 Å². The molecule has 0 aliphatic heterocycles. The van der Waals surface area contributed by atoms with E-state index in [4.69, 9.17) is 0 Å². The zero-order valence-electron chi connectivity index (χ0n) is 12.7. The SMILES string of the molecule is CC1CCCC(CNc2ncnc3c2CCCCC3)C1. The summed E-state index contributed by atoms with van der Waals surface area (Å²) < 4.78 is 0. The molecule has 1 aromatic rings. The predicted octanol–water partition coefficient (Wildman–Crippen LogP) is 3.98. The summed E-state index contributed by atoms with van der Waals surface area (Å²) in [6.45, 7) is 3.48. The van der Waals surface area contributed by atoms with Gasteiger partial charge in [-0.25, -0.2) is 9.97 Å². The van der Waals surface area contributed by atoms with Crippen molar-refractivity contribution in [2.75, 3.05) is 11.9 Å². The smallest absolute Gasteiger partial charge is 0.132 e. The predicted molar refractivity (Wildman–Crippen MR) is 82.9 cm³/mol. The van der Waals surface area contributed by atoms with Crippen molar-refractivity contribution in [1.82, 2.24) is 9.97 Å². The first-order chi connectivity index (χ1) is 9.83. The third kappa shape index (κ3) is 3.31. The number of hydrogen-bond donors (Lipinski definition) is 1. The van der Waals surface area contributed by atoms with Gasteiger partial charge in [-0.1, -0.05) is 26.2 Å². The number of rotatable bonds is 3. The largest absolute Gasteiger partial charge is 0.369 e. The van der Waals surface area contributed by atoms with E-state index in [2.05, 4.69) is 22.2 Å². The summed E-state index contributed by atoms with van der Waals surface area (Å²) in [6, 6.07) is 0. The fourth-order valence-electron chi connectivity index (χ4n) is 3.84. The number of hydrogen-bond acceptors (Lipinski definition) is 3. The molecule has 3 heteroatoms. The number of aromatic nitrogens is 2. The number of anilines is 1. The number of fused-ring (bicyclic) bond motifs is 1. The molecule has 0 saturated heterocycles. The van der Waals surface area contributed by atoms with E-state index >= 15 is 0 Å². The van der Waals surface area contributed by atoms with E-state index in [1.54, 1.807) is 6.33 Å². The molecule has 2 aliphatic carbocycles. The minimum Gasteiger partial charge on any atom is -0.369 e. The van der Waals surface area contributed by atoms with Gasteiger partial charge < -0.3 is 5.32 Å². The molecule has 0 amide bonds. The first-order valence-electron chi connectivity index (χ1n) is 8.39. The minimum atomic E-state index is 0.829. The van der Waals surface area contributed by atoms with Crippen molar-refractivity contribution >= 4 is 5.82 Å². The summed E-state index contributed by atoms with van der Waals surface area (Å²) in [4.78, 5) is 9.01. The van der Waals surface area contributed by atoms with Gasteiger partial charge in [0.25, 0.3) is 0 Å². The summed E-state index contributed by atoms with van der Waals surface area (Å²) >= 11 is 0. The van der Waals surface area contributed by atoms with Gasteiger partial charge in [0.1, 0.15) is 12.1 Å². The van der Waals surface area contributed by atoms with Crippen molar-refractivity contribution in [3.8, 4) is 0 Å². The van der Waals surface area contributed by atoms with Crippen LogP contribution in [-0.4, -0.2) is 16.5 Å². The molecule has 3 nitrogen and oxygen atoms in total. The molecule has 2 unspecified atom stereocenters. The van der Waals surface area contributed by atoms with Crippen LogP contribution in [0.5, 0.6) is 0 Å². The van der Waals surface area contributed by atoms with Crippen LogP contribution in [0, 0.1) is 11.8 Å². The fraction of sp³-hybridized carbons (Fsp3) is 0.765. The molecule has 0 bridgehead atoms. The Kier molecular flexibility index (Phi) is 4.54. The summed E-state index contributed by atoms with van der Waals surface area (Å²) in [5, 5.41) is 3.64. The zero-order chi connectivity index (χ0) is 13.8. The van der Waals surface area contributed by atoms with E-state index in [9.17, 15) is 0 Å². The molecular weight excluding hydrogens is 246 g/mol. The molecule has 0 radical (unpaired) electrons. The highest BCUT2D eigenvalue weighted by Gasteiger charge is 2.20. The van der Waals surface area contributed by atoms with Gasteiger partial charge in [-0.15, -0.1) is 0 Å². The van der Waals surface area contributed by atoms with Gasteiger partial charge in [0.05, 0.1) is 0 Å². The van der Waals surface area contributed by atoms with Crippen LogP contribution in [-0.2, 0) is 12.8 Å². The van der Waals surface area contributed by atoms with Crippen LogP contribution in [0.3, 0.4) is 0 Å². The summed E-state index contributed by atoms with van der Waals surface area (Å²) in [5.41, 5.74) is 2.69. The molecule has 2 aliphatic rings. The highest BCUT2D eigenvalue weighted by molar-refractivity contribution is 5.46. The second kappa shape index (κ2) is 6.55. The number of aryl methyl sites for hydroxylation is 1. The topological polar surface area (TPSA) is 37.8 Å². The van der Waals surface area contributed by atoms with Crippen molar-refractivity contribution in [2.45, 2.75) is 64.7 Å². The van der Waals surface area contributed by atoms with Crippen LogP contribution in [0.25, 0.3) is 0 Å². The van der Waals surface area contributed by atoms with Crippen molar-refractivity contribution in [1.29, 1.82) is 0 Å². The van der Waals surface area contributed by atoms with Gasteiger partial charge in [-0.05, 0) is 50.4 Å². The van der Waals surface area contributed by atoms with Crippen LogP contribution in [0.1, 0.15) is 63.1 Å². The minimum absolute atomic E-state index is 0.829. The molecule has 3 rings (SSSR count). The molecule has 20 heavy (non-hydrogen) atoms. The van der Waals surface area contributed by atoms with Crippen LogP contribution in [0.4, 0.5) is 5.82 Å². The lowest BCUT2D eigenvalue weighted by Gasteiger charge is -2.27. The molecule has 1 aromatic heterocycles. The normalized spacial score (nSPS) is 26.6. The molecule has 1 saturated carbocycles. The molecular formula is C17H27N3. The summed E-state index contributed by atoms with van der Waals surface area (Å²) in [7, 11) is 0. The maximum atomic E-state index is 4.51. The van der Waals surface area contributed by atoms with Crippen LogP contribution in [0.15, 0.2) is 6.33 Å². The average Bonchev–Trinajstić information content (AvgIpc) is 2.71. The Morgan fingerprint density at radius 3 is 2.90 bits per heavy atom. The Bertz CT molecular complexity index is 444. The van der Waals surface area contributed by atoms with Crippen LogP contribution in [0.2, 0.25) is 0 Å². The fourth-order valence-corrected chi connectivity index (χ4v) is 3.84. The Labute approximate surface area is 122 Å². The molecule has 0 spiro atoms. The average molecular weight is 273 g/mol. The molecule has 110 valence electrons. The van der Waals surface area contributed by atoms with E-state index < -0.39 is 0 Å². The summed E-state index contributed by atoms with van der Waals surface area (Å²) in [5.74, 6) is 2.85. The van der Waals surface area contributed by atoms with Crippen LogP contribution >= 0.6 is 0 Å². The van der Waals surface area contributed by atoms with E-state index in [1.165, 1.54) is 56.2 Å². The summed E-state index contributed by atoms with van der Waals surface area (Å²) in [6.07, 6.45) is 13.5. The van der Waals surface area contributed by atoms with Gasteiger partial charge in [-0.3, -0.25) is 0 Å². The second-order valence-corrected chi connectivity index (χ2v) is 6.73. The first-order valence-corrected chi connectivity index (χ1v) is 8.39. The standard InChI is InChI=1S/C17H27N3/c1-13-6-5-7-14(10-13)11-18-17-15-8-3-2-4-9-16(15)19-12-20-17/h12-14H,2-11H2,1H3,(H,18,19,20). The molecule has 1 heterocycles. The van der Waals surface area contributed by atoms with Gasteiger partial charge in [0, 0.05) is 17.8 Å². The molecule has 1 N–H and O–H groups in total. The van der Waals surface area contributed by atoms with E-state index in [0.717, 1.165) is 37.0 Å². The van der Waals surface area contributed by atoms with Crippen molar-refractivity contribution in [3.63, 3.8) is 0 Å². The highest BCUT2D eigenvalue weighted by Crippen LogP contribution is 2.29. The Morgan fingerprint density at radius 2 is 2.00 bits per heavy atom. The quantitative estimate of drug-likeness (QED) is 0.846. The monoisotopic (exact) mass is 273 g/mol. The number of nitrogens with one attached hydrogen (secondary N) is 1. The lowest BCUT2D eigenvalue weighted by atomic mass is 9.82. The molecule has 2 atom stereocenters. The Hall–Kier alpha value is -1.12. The lowest BCUT2D eigenvalue weighted by molar-refractivity contribution is 0.293. The third-order valence-electron chi connectivity index (χ3n) is 4.98. The maximum Gasteiger partial charge on any atom is 0.132 e. The van der Waals surface area contributed by atoms with Gasteiger partial charge in [0.2, 0.25) is 0 Å². The lowest BCUT2D eigenvalue weighted by Crippen LogP contribution is -2.22. The van der Waals surface area contributed by atoms with Crippen molar-refractivity contribution in [2.24, 2.45) is 11.8 Å². The van der Waals surface area contributed by atoms with Crippen molar-refractivity contribution in [3.05, 3.63) is 17.6 Å². The van der Waals surface area contributed by atoms with Gasteiger partial charge in [0.15, 0.2) is 0 Å². The number of nitrogens with zero attached hydrogens (tertiary/aromatic N) is 2. The van der Waals surface area contributed by atoms with E-state index in [0.29, 0.717) is 0 Å². The van der Waals surface area contributed by atoms with Gasteiger partial charge >= 0.3 is 0 Å². The first kappa shape index (κ1) is 13.8. The van der Waals surface area contributed by atoms with Gasteiger partial charge in [-0.2, -0.15) is 0 Å². The third-order valence-corrected chi connectivity index (χ3v) is 4.98. The van der Waals surface area contributed by atoms with E-state index in [1.807, 2.05) is 0 Å². The Balaban J connectivity index is 1.65. The maximum absolute atomic E-state index is 4.51. The highest BCUT2D eigenvalue weighted by atomic mass is 15.0. The van der Waals surface area contributed by atoms with Crippen LogP contribution < -0.4 is 5.32 Å². The zero-order valence-corrected chi connectivity index (χ0v) is 12.7. The second-order valence-electron chi connectivity index (χ2n) is 6.73. The Morgan fingerprint density at radius 1 is 1.10 bits per heavy atom.